The van der Waals surface area contributed by atoms with Crippen molar-refractivity contribution in [1.29, 1.82) is 0 Å². The number of hydrogen-bond donors (Lipinski definition) is 3. The van der Waals surface area contributed by atoms with Crippen molar-refractivity contribution in [2.75, 3.05) is 18.1 Å². The number of carboxylic acid groups (broad SMARTS) is 1. The van der Waals surface area contributed by atoms with Gasteiger partial charge in [-0.2, -0.15) is 5.10 Å². The van der Waals surface area contributed by atoms with Gasteiger partial charge in [0.2, 0.25) is 5.95 Å². The van der Waals surface area contributed by atoms with E-state index < -0.39 is 41.9 Å². The minimum absolute atomic E-state index is 0.00602. The van der Waals surface area contributed by atoms with E-state index in [1.165, 1.54) is 18.2 Å². The smallest absolute Gasteiger partial charge is 0.414 e. The predicted octanol–water partition coefficient (Wildman–Crippen LogP) is 3.20. The number of anilines is 1. The number of hydrogen-bond acceptors (Lipinski definition) is 4. The van der Waals surface area contributed by atoms with Gasteiger partial charge in [-0.25, -0.2) is 32.9 Å². The molecule has 4 aromatic rings. The zero-order chi connectivity index (χ0) is 20.7. The Hall–Kier alpha value is -3.89. The van der Waals surface area contributed by atoms with Crippen molar-refractivity contribution in [2.24, 2.45) is 0 Å². The molecule has 8 nitrogen and oxygen atoms in total. The summed E-state index contributed by atoms with van der Waals surface area (Å²) in [7, 11) is 0. The highest BCUT2D eigenvalue weighted by atomic mass is 19.1. The van der Waals surface area contributed by atoms with Crippen LogP contribution < -0.4 is 10.5 Å². The fraction of sp³-hybridized carbons (Fsp3) is 0.111. The first kappa shape index (κ1) is 18.5. The normalized spacial score (nSPS) is 11.3. The third-order valence-corrected chi connectivity index (χ3v) is 4.37. The summed E-state index contributed by atoms with van der Waals surface area (Å²) in [4.78, 5) is 30.8. The summed E-state index contributed by atoms with van der Waals surface area (Å²) in [6.45, 7) is -1.30. The lowest BCUT2D eigenvalue weighted by Gasteiger charge is -2.13. The maximum Gasteiger partial charge on any atom is 0.414 e. The number of H-pyrrole nitrogens is 2. The van der Waals surface area contributed by atoms with E-state index in [-0.39, 0.29) is 17.0 Å². The number of alkyl halides is 1. The van der Waals surface area contributed by atoms with Gasteiger partial charge in [0.25, 0.3) is 5.56 Å². The number of amides is 1. The Bertz CT molecular complexity index is 1320. The van der Waals surface area contributed by atoms with Gasteiger partial charge in [0.1, 0.15) is 24.0 Å². The monoisotopic (exact) mass is 403 g/mol. The van der Waals surface area contributed by atoms with Crippen LogP contribution in [0.5, 0.6) is 0 Å². The van der Waals surface area contributed by atoms with Crippen molar-refractivity contribution in [1.82, 2.24) is 20.2 Å². The lowest BCUT2D eigenvalue weighted by molar-refractivity contribution is 0.200. The molecule has 0 aliphatic heterocycles. The summed E-state index contributed by atoms with van der Waals surface area (Å²) in [6, 6.07) is 6.27. The van der Waals surface area contributed by atoms with Gasteiger partial charge < -0.3 is 10.1 Å². The Morgan fingerprint density at radius 3 is 2.55 bits per heavy atom. The minimum atomic E-state index is -1.38. The van der Waals surface area contributed by atoms with Crippen molar-refractivity contribution in [3.8, 4) is 11.3 Å². The van der Waals surface area contributed by atoms with Crippen LogP contribution in [0.4, 0.5) is 23.9 Å². The maximum absolute atomic E-state index is 14.4. The number of carbonyl (C=O) groups is 1. The highest BCUT2D eigenvalue weighted by Gasteiger charge is 2.20. The van der Waals surface area contributed by atoms with Crippen molar-refractivity contribution < 1.29 is 23.1 Å². The quantitative estimate of drug-likeness (QED) is 0.484. The molecule has 1 amide bonds. The second-order valence-electron chi connectivity index (χ2n) is 6.10. The average molecular weight is 403 g/mol. The Morgan fingerprint density at radius 2 is 1.86 bits per heavy atom. The molecule has 0 saturated carbocycles. The Kier molecular flexibility index (Phi) is 4.41. The summed E-state index contributed by atoms with van der Waals surface area (Å²) < 4.78 is 41.1. The molecule has 0 radical (unpaired) electrons. The summed E-state index contributed by atoms with van der Waals surface area (Å²) >= 11 is 0. The fourth-order valence-electron chi connectivity index (χ4n) is 3.08. The molecular formula is C18H12F3N5O3. The van der Waals surface area contributed by atoms with Crippen molar-refractivity contribution in [3.05, 3.63) is 52.3 Å². The number of nitrogens with one attached hydrogen (secondary N) is 2. The van der Waals surface area contributed by atoms with Gasteiger partial charge in [0.15, 0.2) is 0 Å². The number of fused-ring (bicyclic) bond motifs is 2. The third-order valence-electron chi connectivity index (χ3n) is 4.37. The number of imidazole rings is 1. The fourth-order valence-corrected chi connectivity index (χ4v) is 3.08. The highest BCUT2D eigenvalue weighted by Crippen LogP contribution is 2.30. The van der Waals surface area contributed by atoms with E-state index in [2.05, 4.69) is 20.2 Å². The Balaban J connectivity index is 1.90. The molecule has 2 aromatic heterocycles. The topological polar surface area (TPSA) is 115 Å². The SMILES string of the molecule is O=C(O)N(CCF)c1nc2ccc(-c3n[nH]c(=O)c4c(F)ccc(F)c34)cc2[nH]1. The van der Waals surface area contributed by atoms with Gasteiger partial charge in [0.05, 0.1) is 28.4 Å². The van der Waals surface area contributed by atoms with Crippen LogP contribution in [0.3, 0.4) is 0 Å². The van der Waals surface area contributed by atoms with Gasteiger partial charge in [-0.3, -0.25) is 4.79 Å². The first-order valence-electron chi connectivity index (χ1n) is 8.33. The lowest BCUT2D eigenvalue weighted by Crippen LogP contribution is -2.32. The molecule has 11 heteroatoms. The van der Waals surface area contributed by atoms with E-state index in [9.17, 15) is 27.9 Å². The summed E-state index contributed by atoms with van der Waals surface area (Å²) in [6.07, 6.45) is -1.38. The van der Waals surface area contributed by atoms with Gasteiger partial charge in [-0.1, -0.05) is 6.07 Å². The molecule has 148 valence electrons. The first-order chi connectivity index (χ1) is 13.9. The molecule has 29 heavy (non-hydrogen) atoms. The summed E-state index contributed by atoms with van der Waals surface area (Å²) in [5.74, 6) is -1.79. The molecule has 0 saturated heterocycles. The second kappa shape index (κ2) is 6.93. The zero-order valence-corrected chi connectivity index (χ0v) is 14.5. The molecular weight excluding hydrogens is 391 g/mol. The van der Waals surface area contributed by atoms with Crippen LogP contribution in [-0.2, 0) is 0 Å². The number of aromatic nitrogens is 4. The molecule has 2 aromatic carbocycles. The van der Waals surface area contributed by atoms with Crippen molar-refractivity contribution in [3.63, 3.8) is 0 Å². The lowest BCUT2D eigenvalue weighted by atomic mass is 10.0. The van der Waals surface area contributed by atoms with E-state index in [0.717, 1.165) is 12.1 Å². The van der Waals surface area contributed by atoms with Crippen LogP contribution in [0.15, 0.2) is 35.1 Å². The molecule has 0 bridgehead atoms. The van der Waals surface area contributed by atoms with Crippen LogP contribution in [-0.4, -0.2) is 44.6 Å². The van der Waals surface area contributed by atoms with E-state index in [4.69, 9.17) is 0 Å². The standard InChI is InChI=1S/C18H12F3N5O3/c19-5-6-26(18(28)29)17-22-11-4-1-8(7-12(11)23-17)15-13-9(20)2-3-10(21)14(13)16(27)25-24-15/h1-4,7H,5-6H2,(H,22,23)(H,25,27)(H,28,29). The molecule has 0 spiro atoms. The van der Waals surface area contributed by atoms with Crippen molar-refractivity contribution in [2.45, 2.75) is 0 Å². The van der Waals surface area contributed by atoms with Crippen molar-refractivity contribution >= 4 is 33.8 Å². The molecule has 0 aliphatic carbocycles. The first-order valence-corrected chi connectivity index (χ1v) is 8.33. The van der Waals surface area contributed by atoms with Gasteiger partial charge in [0, 0.05) is 5.56 Å². The molecule has 4 rings (SSSR count). The number of rotatable bonds is 4. The van der Waals surface area contributed by atoms with Crippen LogP contribution in [0.2, 0.25) is 0 Å². The van der Waals surface area contributed by atoms with Gasteiger partial charge in [-0.15, -0.1) is 0 Å². The molecule has 2 heterocycles. The highest BCUT2D eigenvalue weighted by molar-refractivity contribution is 5.96. The van der Waals surface area contributed by atoms with E-state index in [1.807, 2.05) is 0 Å². The molecule has 0 unspecified atom stereocenters. The van der Waals surface area contributed by atoms with Crippen LogP contribution >= 0.6 is 0 Å². The number of aromatic amines is 2. The number of nitrogens with zero attached hydrogens (tertiary/aromatic N) is 3. The second-order valence-corrected chi connectivity index (χ2v) is 6.10. The summed E-state index contributed by atoms with van der Waals surface area (Å²) in [5, 5.41) is 14.5. The molecule has 0 atom stereocenters. The largest absolute Gasteiger partial charge is 0.465 e. The maximum atomic E-state index is 14.4. The van der Waals surface area contributed by atoms with Gasteiger partial charge >= 0.3 is 6.09 Å². The van der Waals surface area contributed by atoms with Crippen LogP contribution in [0.25, 0.3) is 33.1 Å². The molecule has 0 fully saturated rings. The van der Waals surface area contributed by atoms with E-state index in [0.29, 0.717) is 21.5 Å². The third kappa shape index (κ3) is 3.06. The Morgan fingerprint density at radius 1 is 1.14 bits per heavy atom. The van der Waals surface area contributed by atoms with Crippen LogP contribution in [0, 0.1) is 11.6 Å². The minimum Gasteiger partial charge on any atom is -0.465 e. The molecule has 3 N–H and O–H groups in total. The Labute approximate surface area is 159 Å². The van der Waals surface area contributed by atoms with E-state index >= 15 is 0 Å². The number of benzene rings is 2. The summed E-state index contributed by atoms with van der Waals surface area (Å²) in [5.41, 5.74) is 0.183. The van der Waals surface area contributed by atoms with Crippen LogP contribution in [0.1, 0.15) is 0 Å². The predicted molar refractivity (Wildman–Crippen MR) is 98.7 cm³/mol. The van der Waals surface area contributed by atoms with E-state index in [1.54, 1.807) is 0 Å². The van der Waals surface area contributed by atoms with Gasteiger partial charge in [-0.05, 0) is 24.3 Å². The molecule has 0 aliphatic rings. The zero-order valence-electron chi connectivity index (χ0n) is 14.5. The number of halogens is 3. The average Bonchev–Trinajstić information content (AvgIpc) is 3.11.